The van der Waals surface area contributed by atoms with Crippen LogP contribution in [0.4, 0.5) is 15.8 Å². The van der Waals surface area contributed by atoms with Gasteiger partial charge < -0.3 is 5.73 Å². The molecule has 2 aromatic carbocycles. The lowest BCUT2D eigenvalue weighted by molar-refractivity contribution is -0.385. The third-order valence-electron chi connectivity index (χ3n) is 3.10. The average Bonchev–Trinajstić information content (AvgIpc) is 2.40. The molecule has 0 saturated carbocycles. The van der Waals surface area contributed by atoms with Crippen LogP contribution in [-0.2, 0) is 16.6 Å². The quantitative estimate of drug-likeness (QED) is 0.534. The number of benzene rings is 2. The number of nitrogens with two attached hydrogens (primary N) is 1. The zero-order valence-electron chi connectivity index (χ0n) is 11.2. The van der Waals surface area contributed by atoms with Crippen molar-refractivity contribution >= 4 is 22.2 Å². The van der Waals surface area contributed by atoms with E-state index < -0.39 is 21.5 Å². The molecule has 0 aliphatic rings. The first kappa shape index (κ1) is 15.1. The molecule has 7 heteroatoms. The summed E-state index contributed by atoms with van der Waals surface area (Å²) < 4.78 is 26.0. The Balaban J connectivity index is 2.32. The number of nitro benzene ring substituents is 1. The third-order valence-corrected chi connectivity index (χ3v) is 4.50. The summed E-state index contributed by atoms with van der Waals surface area (Å²) in [6.07, 6.45) is 0. The Labute approximate surface area is 123 Å². The SMILES string of the molecule is Cc1c(CS(=O)c2ccc(N)cc2F)cccc1[N+](=O)[O-]. The summed E-state index contributed by atoms with van der Waals surface area (Å²) in [4.78, 5) is 10.4. The van der Waals surface area contributed by atoms with Crippen molar-refractivity contribution < 1.29 is 13.5 Å². The van der Waals surface area contributed by atoms with E-state index in [9.17, 15) is 18.7 Å². The van der Waals surface area contributed by atoms with Crippen LogP contribution < -0.4 is 5.73 Å². The van der Waals surface area contributed by atoms with Gasteiger partial charge in [0.25, 0.3) is 5.69 Å². The molecule has 0 aliphatic heterocycles. The van der Waals surface area contributed by atoms with Crippen molar-refractivity contribution in [3.8, 4) is 0 Å². The molecule has 0 saturated heterocycles. The zero-order valence-corrected chi connectivity index (χ0v) is 12.0. The summed E-state index contributed by atoms with van der Waals surface area (Å²) in [5.41, 5.74) is 6.64. The molecule has 0 aliphatic carbocycles. The standard InChI is InChI=1S/C14H13FN2O3S/c1-9-10(3-2-4-13(9)17(18)19)8-21(20)14-6-5-11(16)7-12(14)15/h2-7H,8,16H2,1H3. The molecule has 0 spiro atoms. The Kier molecular flexibility index (Phi) is 4.32. The van der Waals surface area contributed by atoms with Gasteiger partial charge in [-0.1, -0.05) is 12.1 Å². The summed E-state index contributed by atoms with van der Waals surface area (Å²) in [7, 11) is -1.64. The number of nitro groups is 1. The first-order valence-corrected chi connectivity index (χ1v) is 7.38. The van der Waals surface area contributed by atoms with E-state index >= 15 is 0 Å². The number of anilines is 1. The van der Waals surface area contributed by atoms with E-state index in [0.29, 0.717) is 11.1 Å². The van der Waals surface area contributed by atoms with Crippen molar-refractivity contribution in [2.24, 2.45) is 0 Å². The highest BCUT2D eigenvalue weighted by molar-refractivity contribution is 7.84. The van der Waals surface area contributed by atoms with Gasteiger partial charge in [-0.2, -0.15) is 0 Å². The lowest BCUT2D eigenvalue weighted by Crippen LogP contribution is -2.03. The van der Waals surface area contributed by atoms with Gasteiger partial charge in [-0.15, -0.1) is 0 Å². The summed E-state index contributed by atoms with van der Waals surface area (Å²) in [5, 5.41) is 10.9. The minimum Gasteiger partial charge on any atom is -0.399 e. The Morgan fingerprint density at radius 3 is 2.67 bits per heavy atom. The van der Waals surface area contributed by atoms with Crippen molar-refractivity contribution in [2.45, 2.75) is 17.6 Å². The second kappa shape index (κ2) is 6.01. The fourth-order valence-electron chi connectivity index (χ4n) is 1.94. The van der Waals surface area contributed by atoms with Crippen LogP contribution in [0.3, 0.4) is 0 Å². The highest BCUT2D eigenvalue weighted by Crippen LogP contribution is 2.24. The zero-order chi connectivity index (χ0) is 15.6. The fourth-order valence-corrected chi connectivity index (χ4v) is 3.19. The van der Waals surface area contributed by atoms with Crippen molar-refractivity contribution in [3.05, 3.63) is 63.5 Å². The second-order valence-corrected chi connectivity index (χ2v) is 5.92. The molecule has 1 atom stereocenters. The normalized spacial score (nSPS) is 12.1. The molecule has 21 heavy (non-hydrogen) atoms. The van der Waals surface area contributed by atoms with Gasteiger partial charge in [-0.3, -0.25) is 14.3 Å². The number of nitrogen functional groups attached to an aromatic ring is 1. The van der Waals surface area contributed by atoms with E-state index in [0.717, 1.165) is 6.07 Å². The number of hydrogen-bond donors (Lipinski definition) is 1. The van der Waals surface area contributed by atoms with Crippen LogP contribution in [-0.4, -0.2) is 9.13 Å². The smallest absolute Gasteiger partial charge is 0.272 e. The van der Waals surface area contributed by atoms with E-state index in [4.69, 9.17) is 5.73 Å². The van der Waals surface area contributed by atoms with Crippen LogP contribution in [0.5, 0.6) is 0 Å². The molecular weight excluding hydrogens is 295 g/mol. The highest BCUT2D eigenvalue weighted by atomic mass is 32.2. The molecule has 2 N–H and O–H groups in total. The number of hydrogen-bond acceptors (Lipinski definition) is 4. The van der Waals surface area contributed by atoms with Gasteiger partial charge in [0.15, 0.2) is 0 Å². The van der Waals surface area contributed by atoms with E-state index in [1.54, 1.807) is 13.0 Å². The van der Waals surface area contributed by atoms with E-state index in [2.05, 4.69) is 0 Å². The summed E-state index contributed by atoms with van der Waals surface area (Å²) in [6.45, 7) is 1.59. The van der Waals surface area contributed by atoms with E-state index in [1.165, 1.54) is 24.3 Å². The summed E-state index contributed by atoms with van der Waals surface area (Å²) in [5.74, 6) is -0.634. The van der Waals surface area contributed by atoms with Crippen molar-refractivity contribution in [3.63, 3.8) is 0 Å². The topological polar surface area (TPSA) is 86.2 Å². The van der Waals surface area contributed by atoms with Crippen molar-refractivity contribution in [2.75, 3.05) is 5.73 Å². The van der Waals surface area contributed by atoms with Crippen LogP contribution >= 0.6 is 0 Å². The number of halogens is 1. The Morgan fingerprint density at radius 2 is 2.05 bits per heavy atom. The lowest BCUT2D eigenvalue weighted by atomic mass is 10.1. The molecule has 110 valence electrons. The van der Waals surface area contributed by atoms with Gasteiger partial charge >= 0.3 is 0 Å². The van der Waals surface area contributed by atoms with Gasteiger partial charge in [0.2, 0.25) is 0 Å². The van der Waals surface area contributed by atoms with Crippen LogP contribution in [0.2, 0.25) is 0 Å². The fraction of sp³-hybridized carbons (Fsp3) is 0.143. The van der Waals surface area contributed by atoms with Gasteiger partial charge in [-0.25, -0.2) is 4.39 Å². The minimum absolute atomic E-state index is 0.00829. The maximum atomic E-state index is 13.7. The van der Waals surface area contributed by atoms with Crippen LogP contribution in [0.15, 0.2) is 41.3 Å². The summed E-state index contributed by atoms with van der Waals surface area (Å²) in [6, 6.07) is 8.50. The largest absolute Gasteiger partial charge is 0.399 e. The maximum absolute atomic E-state index is 13.7. The molecule has 0 radical (unpaired) electrons. The number of nitrogens with zero attached hydrogens (tertiary/aromatic N) is 1. The molecule has 2 rings (SSSR count). The molecular formula is C14H13FN2O3S. The second-order valence-electron chi connectivity index (χ2n) is 4.50. The molecule has 0 aromatic heterocycles. The maximum Gasteiger partial charge on any atom is 0.272 e. The first-order chi connectivity index (χ1) is 9.90. The Morgan fingerprint density at radius 1 is 1.33 bits per heavy atom. The van der Waals surface area contributed by atoms with E-state index in [-0.39, 0.29) is 22.0 Å². The van der Waals surface area contributed by atoms with Gasteiger partial charge in [-0.05, 0) is 30.7 Å². The van der Waals surface area contributed by atoms with Crippen molar-refractivity contribution in [1.29, 1.82) is 0 Å². The molecule has 2 aromatic rings. The molecule has 0 heterocycles. The molecule has 0 amide bonds. The molecule has 5 nitrogen and oxygen atoms in total. The predicted molar refractivity (Wildman–Crippen MR) is 78.8 cm³/mol. The van der Waals surface area contributed by atoms with Crippen LogP contribution in [0.1, 0.15) is 11.1 Å². The van der Waals surface area contributed by atoms with Crippen molar-refractivity contribution in [1.82, 2.24) is 0 Å². The van der Waals surface area contributed by atoms with Crippen LogP contribution in [0.25, 0.3) is 0 Å². The average molecular weight is 308 g/mol. The monoisotopic (exact) mass is 308 g/mol. The van der Waals surface area contributed by atoms with E-state index in [1.807, 2.05) is 0 Å². The molecule has 1 unspecified atom stereocenters. The molecule has 0 bridgehead atoms. The minimum atomic E-state index is -1.64. The third kappa shape index (κ3) is 3.25. The lowest BCUT2D eigenvalue weighted by Gasteiger charge is -2.07. The summed E-state index contributed by atoms with van der Waals surface area (Å²) >= 11 is 0. The predicted octanol–water partition coefficient (Wildman–Crippen LogP) is 2.93. The Hall–Kier alpha value is -2.28. The highest BCUT2D eigenvalue weighted by Gasteiger charge is 2.17. The van der Waals surface area contributed by atoms with Gasteiger partial charge in [0, 0.05) is 17.3 Å². The van der Waals surface area contributed by atoms with Gasteiger partial charge in [0.1, 0.15) is 5.82 Å². The first-order valence-electron chi connectivity index (χ1n) is 6.06. The molecule has 0 fully saturated rings. The van der Waals surface area contributed by atoms with Gasteiger partial charge in [0.05, 0.1) is 26.4 Å². The number of rotatable bonds is 4. The van der Waals surface area contributed by atoms with Crippen LogP contribution in [0, 0.1) is 22.9 Å². The Bertz CT molecular complexity index is 734.